The predicted octanol–water partition coefficient (Wildman–Crippen LogP) is 3.00. The molecule has 0 N–H and O–H groups in total. The average Bonchev–Trinajstić information content (AvgIpc) is 2.68. The van der Waals surface area contributed by atoms with Gasteiger partial charge in [0.05, 0.1) is 11.5 Å². The van der Waals surface area contributed by atoms with E-state index in [4.69, 9.17) is 4.74 Å². The molecule has 0 aliphatic carbocycles. The molecular formula is C22H28N2O5S. The minimum Gasteiger partial charge on any atom is -0.462 e. The molecule has 0 unspecified atom stereocenters. The van der Waals surface area contributed by atoms with Crippen molar-refractivity contribution in [3.8, 4) is 0 Å². The highest BCUT2D eigenvalue weighted by atomic mass is 32.2. The number of pyridine rings is 1. The fourth-order valence-electron chi connectivity index (χ4n) is 3.64. The number of hydrogen-bond acceptors (Lipinski definition) is 6. The van der Waals surface area contributed by atoms with Crippen molar-refractivity contribution >= 4 is 21.6 Å². The summed E-state index contributed by atoms with van der Waals surface area (Å²) in [6, 6.07) is 7.69. The van der Waals surface area contributed by atoms with Gasteiger partial charge in [0.2, 0.25) is 9.84 Å². The molecule has 2 heterocycles. The molecule has 7 nitrogen and oxygen atoms in total. The summed E-state index contributed by atoms with van der Waals surface area (Å²) in [7, 11) is -2.34. The molecule has 0 radical (unpaired) electrons. The fourth-order valence-corrected chi connectivity index (χ4v) is 5.00. The number of anilines is 1. The number of ether oxygens (including phenoxy) is 1. The van der Waals surface area contributed by atoms with Crippen LogP contribution in [0.3, 0.4) is 0 Å². The van der Waals surface area contributed by atoms with Gasteiger partial charge in [-0.15, -0.1) is 0 Å². The van der Waals surface area contributed by atoms with Gasteiger partial charge in [-0.3, -0.25) is 9.36 Å². The lowest BCUT2D eigenvalue weighted by Crippen LogP contribution is -2.39. The Labute approximate surface area is 177 Å². The molecule has 2 aromatic rings. The Bertz CT molecular complexity index is 1130. The highest BCUT2D eigenvalue weighted by molar-refractivity contribution is 7.91. The minimum absolute atomic E-state index is 0.0205. The highest BCUT2D eigenvalue weighted by Gasteiger charge is 2.31. The highest BCUT2D eigenvalue weighted by Crippen LogP contribution is 2.29. The zero-order valence-corrected chi connectivity index (χ0v) is 18.9. The minimum atomic E-state index is -4.11. The molecule has 0 atom stereocenters. The van der Waals surface area contributed by atoms with E-state index in [0.717, 1.165) is 5.56 Å². The van der Waals surface area contributed by atoms with Crippen LogP contribution in [0, 0.1) is 0 Å². The number of carbonyl (C=O) groups excluding carboxylic acids is 1. The molecule has 0 fully saturated rings. The van der Waals surface area contributed by atoms with Gasteiger partial charge >= 0.3 is 5.97 Å². The Morgan fingerprint density at radius 2 is 1.77 bits per heavy atom. The largest absolute Gasteiger partial charge is 0.462 e. The molecule has 0 amide bonds. The van der Waals surface area contributed by atoms with E-state index in [1.54, 1.807) is 31.0 Å². The molecule has 30 heavy (non-hydrogen) atoms. The molecule has 3 rings (SSSR count). The van der Waals surface area contributed by atoms with Crippen LogP contribution < -0.4 is 10.5 Å². The maximum atomic E-state index is 13.3. The maximum Gasteiger partial charge on any atom is 0.341 e. The second-order valence-corrected chi connectivity index (χ2v) is 10.4. The number of sulfone groups is 1. The van der Waals surface area contributed by atoms with Gasteiger partial charge in [0.15, 0.2) is 0 Å². The van der Waals surface area contributed by atoms with Crippen molar-refractivity contribution in [2.45, 2.75) is 55.9 Å². The molecular weight excluding hydrogens is 404 g/mol. The Kier molecular flexibility index (Phi) is 5.82. The van der Waals surface area contributed by atoms with Crippen LogP contribution in [-0.4, -0.2) is 39.2 Å². The molecule has 1 aromatic carbocycles. The number of fused-ring (bicyclic) bond motifs is 1. The van der Waals surface area contributed by atoms with Crippen LogP contribution in [0.4, 0.5) is 5.82 Å². The first-order valence-corrected chi connectivity index (χ1v) is 11.5. The number of benzene rings is 1. The zero-order valence-electron chi connectivity index (χ0n) is 18.1. The van der Waals surface area contributed by atoms with Gasteiger partial charge in [0.1, 0.15) is 16.3 Å². The number of aromatic nitrogens is 1. The van der Waals surface area contributed by atoms with Gasteiger partial charge in [-0.2, -0.15) is 0 Å². The summed E-state index contributed by atoms with van der Waals surface area (Å²) in [5.74, 6) is -0.249. The van der Waals surface area contributed by atoms with Crippen LogP contribution in [0.25, 0.3) is 0 Å². The third-order valence-electron chi connectivity index (χ3n) is 5.28. The van der Waals surface area contributed by atoms with Gasteiger partial charge in [0.25, 0.3) is 5.56 Å². The van der Waals surface area contributed by atoms with Gasteiger partial charge in [-0.1, -0.05) is 32.9 Å². The summed E-state index contributed by atoms with van der Waals surface area (Å²) >= 11 is 0. The van der Waals surface area contributed by atoms with Crippen LogP contribution >= 0.6 is 0 Å². The van der Waals surface area contributed by atoms with E-state index in [1.807, 2.05) is 20.8 Å². The summed E-state index contributed by atoms with van der Waals surface area (Å²) in [5.41, 5.74) is 0.320. The molecule has 0 bridgehead atoms. The van der Waals surface area contributed by atoms with Crippen LogP contribution in [-0.2, 0) is 26.5 Å². The van der Waals surface area contributed by atoms with Crippen molar-refractivity contribution < 1.29 is 17.9 Å². The van der Waals surface area contributed by atoms with Gasteiger partial charge < -0.3 is 9.64 Å². The van der Waals surface area contributed by atoms with E-state index >= 15 is 0 Å². The first kappa shape index (κ1) is 22.1. The molecule has 0 spiro atoms. The smallest absolute Gasteiger partial charge is 0.341 e. The lowest BCUT2D eigenvalue weighted by molar-refractivity contribution is 0.0525. The summed E-state index contributed by atoms with van der Waals surface area (Å²) < 4.78 is 33.2. The molecule has 1 aliphatic rings. The molecule has 8 heteroatoms. The summed E-state index contributed by atoms with van der Waals surface area (Å²) in [5, 5.41) is 0. The van der Waals surface area contributed by atoms with Crippen LogP contribution in [0.15, 0.2) is 44.9 Å². The summed E-state index contributed by atoms with van der Waals surface area (Å²) in [6.07, 6.45) is 0.676. The van der Waals surface area contributed by atoms with Crippen LogP contribution in [0.5, 0.6) is 0 Å². The van der Waals surface area contributed by atoms with Gasteiger partial charge in [-0.25, -0.2) is 13.2 Å². The first-order valence-electron chi connectivity index (χ1n) is 10.00. The lowest BCUT2D eigenvalue weighted by Gasteiger charge is -2.30. The number of nitrogens with zero attached hydrogens (tertiary/aromatic N) is 2. The van der Waals surface area contributed by atoms with Crippen molar-refractivity contribution in [1.82, 2.24) is 4.57 Å². The van der Waals surface area contributed by atoms with E-state index in [1.165, 1.54) is 22.8 Å². The first-order chi connectivity index (χ1) is 14.0. The molecule has 0 saturated carbocycles. The van der Waals surface area contributed by atoms with Crippen LogP contribution in [0.2, 0.25) is 0 Å². The molecule has 1 aromatic heterocycles. The van der Waals surface area contributed by atoms with Crippen molar-refractivity contribution in [2.75, 3.05) is 25.1 Å². The van der Waals surface area contributed by atoms with Crippen molar-refractivity contribution in [3.63, 3.8) is 0 Å². The number of carbonyl (C=O) groups is 1. The van der Waals surface area contributed by atoms with E-state index in [0.29, 0.717) is 25.3 Å². The zero-order chi connectivity index (χ0) is 22.3. The average molecular weight is 433 g/mol. The van der Waals surface area contributed by atoms with E-state index in [2.05, 4.69) is 0 Å². The monoisotopic (exact) mass is 432 g/mol. The standard InChI is InChI=1S/C22H28N2O5S/c1-6-29-21(26)17-14-18(20(25)24-13-7-12-23(5)19(17)24)30(27,28)16-10-8-15(9-11-16)22(2,3)4/h8-11,14H,6-7,12-13H2,1-5H3. The third-order valence-corrected chi connectivity index (χ3v) is 7.04. The third kappa shape index (κ3) is 3.88. The van der Waals surface area contributed by atoms with E-state index in [9.17, 15) is 18.0 Å². The van der Waals surface area contributed by atoms with Crippen molar-refractivity contribution in [2.24, 2.45) is 0 Å². The topological polar surface area (TPSA) is 85.7 Å². The molecule has 0 saturated heterocycles. The van der Waals surface area contributed by atoms with Gasteiger partial charge in [0, 0.05) is 20.1 Å². The van der Waals surface area contributed by atoms with Crippen molar-refractivity contribution in [1.29, 1.82) is 0 Å². The second kappa shape index (κ2) is 7.91. The van der Waals surface area contributed by atoms with Gasteiger partial charge in [-0.05, 0) is 42.5 Å². The fraction of sp³-hybridized carbons (Fsp3) is 0.455. The lowest BCUT2D eigenvalue weighted by atomic mass is 9.87. The quantitative estimate of drug-likeness (QED) is 0.691. The maximum absolute atomic E-state index is 13.3. The van der Waals surface area contributed by atoms with E-state index in [-0.39, 0.29) is 22.5 Å². The Morgan fingerprint density at radius 1 is 1.13 bits per heavy atom. The Balaban J connectivity index is 2.21. The predicted molar refractivity (Wildman–Crippen MR) is 115 cm³/mol. The summed E-state index contributed by atoms with van der Waals surface area (Å²) in [4.78, 5) is 27.1. The Morgan fingerprint density at radius 3 is 2.33 bits per heavy atom. The summed E-state index contributed by atoms with van der Waals surface area (Å²) in [6.45, 7) is 8.94. The normalized spacial score (nSPS) is 14.4. The van der Waals surface area contributed by atoms with Crippen LogP contribution in [0.1, 0.15) is 50.0 Å². The SMILES string of the molecule is CCOC(=O)c1cc(S(=O)(=O)c2ccc(C(C)(C)C)cc2)c(=O)n2c1N(C)CCC2. The van der Waals surface area contributed by atoms with E-state index < -0.39 is 26.3 Å². The molecule has 1 aliphatic heterocycles. The molecule has 162 valence electrons. The Hall–Kier alpha value is -2.61. The second-order valence-electron chi connectivity index (χ2n) is 8.48. The van der Waals surface area contributed by atoms with Crippen molar-refractivity contribution in [3.05, 3.63) is 51.8 Å². The number of esters is 1. The number of hydrogen-bond donors (Lipinski definition) is 0. The number of rotatable bonds is 4.